The molecule has 0 radical (unpaired) electrons. The summed E-state index contributed by atoms with van der Waals surface area (Å²) < 4.78 is 6.62. The lowest BCUT2D eigenvalue weighted by atomic mass is 9.91. The smallest absolute Gasteiger partial charge is 0.260 e. The van der Waals surface area contributed by atoms with Crippen LogP contribution in [0, 0.1) is 6.92 Å². The van der Waals surface area contributed by atoms with E-state index in [1.165, 1.54) is 0 Å². The van der Waals surface area contributed by atoms with Crippen LogP contribution in [0.4, 0.5) is 0 Å². The van der Waals surface area contributed by atoms with Gasteiger partial charge >= 0.3 is 0 Å². The van der Waals surface area contributed by atoms with Gasteiger partial charge in [0.1, 0.15) is 5.75 Å². The summed E-state index contributed by atoms with van der Waals surface area (Å²) in [7, 11) is 0. The largest absolute Gasteiger partial charge is 0.472 e. The second-order valence-corrected chi connectivity index (χ2v) is 6.42. The quantitative estimate of drug-likeness (QED) is 0.855. The Morgan fingerprint density at radius 1 is 1.35 bits per heavy atom. The number of fused-ring (bicyclic) bond motifs is 1. The van der Waals surface area contributed by atoms with Crippen LogP contribution in [0.3, 0.4) is 0 Å². The number of carbonyl (C=O) groups excluding carboxylic acids is 1. The van der Waals surface area contributed by atoms with Crippen molar-refractivity contribution in [2.24, 2.45) is 0 Å². The molecule has 1 fully saturated rings. The van der Waals surface area contributed by atoms with E-state index in [1.54, 1.807) is 4.90 Å². The number of rotatable bonds is 1. The number of ether oxygens (including phenoxy) is 1. The molecule has 1 aromatic carbocycles. The molecule has 1 aliphatic carbocycles. The number of hydrogen-bond acceptors (Lipinski definition) is 3. The summed E-state index contributed by atoms with van der Waals surface area (Å²) in [5.74, 6) is 0.593. The maximum atomic E-state index is 12.6. The second kappa shape index (κ2) is 5.37. The molecule has 1 aromatic rings. The van der Waals surface area contributed by atoms with Crippen molar-refractivity contribution in [3.05, 3.63) is 27.7 Å². The highest BCUT2D eigenvalue weighted by Crippen LogP contribution is 2.33. The normalized spacial score (nSPS) is 26.1. The fourth-order valence-corrected chi connectivity index (χ4v) is 3.34. The van der Waals surface area contributed by atoms with Gasteiger partial charge in [0.15, 0.2) is 6.73 Å². The van der Waals surface area contributed by atoms with E-state index in [-0.39, 0.29) is 18.7 Å². The molecule has 2 aliphatic rings. The van der Waals surface area contributed by atoms with E-state index in [0.717, 1.165) is 35.7 Å². The predicted molar refractivity (Wildman–Crippen MR) is 78.8 cm³/mol. The molecule has 3 rings (SSSR count). The Labute approximate surface area is 126 Å². The monoisotopic (exact) mass is 339 g/mol. The topological polar surface area (TPSA) is 49.8 Å². The van der Waals surface area contributed by atoms with E-state index in [4.69, 9.17) is 4.74 Å². The highest BCUT2D eigenvalue weighted by molar-refractivity contribution is 9.10. The van der Waals surface area contributed by atoms with Crippen molar-refractivity contribution in [1.29, 1.82) is 0 Å². The van der Waals surface area contributed by atoms with Gasteiger partial charge in [-0.15, -0.1) is 0 Å². The van der Waals surface area contributed by atoms with E-state index in [2.05, 4.69) is 15.9 Å². The lowest BCUT2D eigenvalue weighted by molar-refractivity contribution is -0.0124. The molecule has 20 heavy (non-hydrogen) atoms. The number of benzene rings is 1. The molecule has 1 aliphatic heterocycles. The number of hydrogen-bond donors (Lipinski definition) is 1. The molecule has 1 heterocycles. The maximum absolute atomic E-state index is 12.6. The minimum absolute atomic E-state index is 0.0436. The van der Waals surface area contributed by atoms with E-state index >= 15 is 0 Å². The standard InChI is InChI=1S/C15H18BrNO3/c1-9-6-14-10(7-11(9)16)15(19)17(8-20-14)12-4-2-3-5-13(12)18/h6-7,12-13,18H,2-5,8H2,1H3. The minimum atomic E-state index is -0.438. The van der Waals surface area contributed by atoms with Gasteiger partial charge in [-0.3, -0.25) is 9.69 Å². The number of carbonyl (C=O) groups is 1. The fraction of sp³-hybridized carbons (Fsp3) is 0.533. The molecule has 0 spiro atoms. The number of aliphatic hydroxyl groups is 1. The molecular formula is C15H18BrNO3. The first-order valence-corrected chi connectivity index (χ1v) is 7.79. The van der Waals surface area contributed by atoms with Gasteiger partial charge in [0.25, 0.3) is 5.91 Å². The SMILES string of the molecule is Cc1cc2c(cc1Br)C(=O)N(C1CCCCC1O)CO2. The minimum Gasteiger partial charge on any atom is -0.472 e. The molecule has 1 amide bonds. The molecular weight excluding hydrogens is 322 g/mol. The van der Waals surface area contributed by atoms with Crippen LogP contribution in [0.15, 0.2) is 16.6 Å². The van der Waals surface area contributed by atoms with Gasteiger partial charge in [-0.1, -0.05) is 28.8 Å². The van der Waals surface area contributed by atoms with Crippen molar-refractivity contribution < 1.29 is 14.6 Å². The molecule has 5 heteroatoms. The van der Waals surface area contributed by atoms with Gasteiger partial charge in [-0.2, -0.15) is 0 Å². The molecule has 2 unspecified atom stereocenters. The Morgan fingerprint density at radius 2 is 2.10 bits per heavy atom. The van der Waals surface area contributed by atoms with E-state index in [1.807, 2.05) is 19.1 Å². The van der Waals surface area contributed by atoms with Gasteiger partial charge in [-0.05, 0) is 37.5 Å². The summed E-state index contributed by atoms with van der Waals surface area (Å²) in [6, 6.07) is 3.57. The van der Waals surface area contributed by atoms with Gasteiger partial charge in [-0.25, -0.2) is 0 Å². The van der Waals surface area contributed by atoms with Crippen LogP contribution in [0.2, 0.25) is 0 Å². The highest BCUT2D eigenvalue weighted by atomic mass is 79.9. The Bertz CT molecular complexity index is 546. The van der Waals surface area contributed by atoms with Crippen molar-refractivity contribution in [3.8, 4) is 5.75 Å². The molecule has 0 saturated heterocycles. The first-order chi connectivity index (χ1) is 9.58. The zero-order valence-electron chi connectivity index (χ0n) is 11.4. The van der Waals surface area contributed by atoms with Crippen molar-refractivity contribution in [1.82, 2.24) is 4.90 Å². The third kappa shape index (κ3) is 2.33. The average molecular weight is 340 g/mol. The highest BCUT2D eigenvalue weighted by Gasteiger charge is 2.36. The van der Waals surface area contributed by atoms with Gasteiger partial charge < -0.3 is 9.84 Å². The number of amides is 1. The Hall–Kier alpha value is -1.07. The Morgan fingerprint density at radius 3 is 2.85 bits per heavy atom. The summed E-state index contributed by atoms with van der Waals surface area (Å²) in [4.78, 5) is 14.3. The first kappa shape index (κ1) is 13.9. The molecule has 108 valence electrons. The third-order valence-electron chi connectivity index (χ3n) is 4.21. The molecule has 1 N–H and O–H groups in total. The molecule has 2 atom stereocenters. The summed E-state index contributed by atoms with van der Waals surface area (Å²) >= 11 is 3.45. The summed E-state index contributed by atoms with van der Waals surface area (Å²) in [5.41, 5.74) is 1.62. The third-order valence-corrected chi connectivity index (χ3v) is 5.06. The average Bonchev–Trinajstić information content (AvgIpc) is 2.43. The maximum Gasteiger partial charge on any atom is 0.260 e. The second-order valence-electron chi connectivity index (χ2n) is 5.57. The molecule has 0 aromatic heterocycles. The van der Waals surface area contributed by atoms with Crippen molar-refractivity contribution in [3.63, 3.8) is 0 Å². The van der Waals surface area contributed by atoms with Crippen LogP contribution in [-0.2, 0) is 0 Å². The van der Waals surface area contributed by atoms with E-state index in [0.29, 0.717) is 11.3 Å². The van der Waals surface area contributed by atoms with Crippen LogP contribution >= 0.6 is 15.9 Å². The predicted octanol–water partition coefficient (Wildman–Crippen LogP) is 2.85. The zero-order chi connectivity index (χ0) is 14.3. The number of halogens is 1. The van der Waals surface area contributed by atoms with Gasteiger partial charge in [0, 0.05) is 4.47 Å². The molecule has 0 bridgehead atoms. The number of nitrogens with zero attached hydrogens (tertiary/aromatic N) is 1. The summed E-state index contributed by atoms with van der Waals surface area (Å²) in [5, 5.41) is 10.1. The van der Waals surface area contributed by atoms with Gasteiger partial charge in [0.2, 0.25) is 0 Å². The first-order valence-electron chi connectivity index (χ1n) is 7.00. The lowest BCUT2D eigenvalue weighted by Crippen LogP contribution is -2.51. The molecule has 1 saturated carbocycles. The zero-order valence-corrected chi connectivity index (χ0v) is 13.0. The summed E-state index contributed by atoms with van der Waals surface area (Å²) in [6.45, 7) is 2.20. The number of aryl methyl sites for hydroxylation is 1. The van der Waals surface area contributed by atoms with Crippen LogP contribution in [-0.4, -0.2) is 34.8 Å². The fourth-order valence-electron chi connectivity index (χ4n) is 3.00. The lowest BCUT2D eigenvalue weighted by Gasteiger charge is -2.39. The van der Waals surface area contributed by atoms with Crippen molar-refractivity contribution in [2.75, 3.05) is 6.73 Å². The summed E-state index contributed by atoms with van der Waals surface area (Å²) in [6.07, 6.45) is 3.25. The van der Waals surface area contributed by atoms with Crippen LogP contribution in [0.5, 0.6) is 5.75 Å². The molecule has 4 nitrogen and oxygen atoms in total. The van der Waals surface area contributed by atoms with Crippen LogP contribution in [0.25, 0.3) is 0 Å². The van der Waals surface area contributed by atoms with Crippen molar-refractivity contribution in [2.45, 2.75) is 44.8 Å². The Kier molecular flexibility index (Phi) is 3.73. The number of aliphatic hydroxyl groups excluding tert-OH is 1. The van der Waals surface area contributed by atoms with E-state index in [9.17, 15) is 9.90 Å². The van der Waals surface area contributed by atoms with Crippen LogP contribution < -0.4 is 4.74 Å². The van der Waals surface area contributed by atoms with Crippen molar-refractivity contribution >= 4 is 21.8 Å². The van der Waals surface area contributed by atoms with E-state index < -0.39 is 6.10 Å². The van der Waals surface area contributed by atoms with Gasteiger partial charge in [0.05, 0.1) is 17.7 Å². The Balaban J connectivity index is 1.90. The van der Waals surface area contributed by atoms with Crippen LogP contribution in [0.1, 0.15) is 41.6 Å².